The summed E-state index contributed by atoms with van der Waals surface area (Å²) < 4.78 is 10.3. The number of carbonyl (C=O) groups excluding carboxylic acids is 1. The van der Waals surface area contributed by atoms with Gasteiger partial charge in [-0.25, -0.2) is 4.79 Å². The molecule has 0 saturated heterocycles. The first-order valence-corrected chi connectivity index (χ1v) is 6.12. The van der Waals surface area contributed by atoms with E-state index in [1.54, 1.807) is 31.4 Å². The lowest BCUT2D eigenvalue weighted by atomic mass is 10.2. The Bertz CT molecular complexity index is 547. The predicted molar refractivity (Wildman–Crippen MR) is 73.6 cm³/mol. The van der Waals surface area contributed by atoms with E-state index in [9.17, 15) is 4.79 Å². The fourth-order valence-corrected chi connectivity index (χ4v) is 1.67. The quantitative estimate of drug-likeness (QED) is 0.799. The number of rotatable bonds is 4. The molecule has 0 aromatic heterocycles. The van der Waals surface area contributed by atoms with Gasteiger partial charge in [-0.1, -0.05) is 23.7 Å². The summed E-state index contributed by atoms with van der Waals surface area (Å²) in [4.78, 5) is 11.8. The van der Waals surface area contributed by atoms with Crippen LogP contribution in [0.15, 0.2) is 48.5 Å². The molecule has 2 aromatic carbocycles. The van der Waals surface area contributed by atoms with Gasteiger partial charge < -0.3 is 9.47 Å². The predicted octanol–water partition coefficient (Wildman–Crippen LogP) is 3.71. The lowest BCUT2D eigenvalue weighted by Gasteiger charge is -2.06. The highest BCUT2D eigenvalue weighted by atomic mass is 35.5. The molecule has 2 aromatic rings. The van der Waals surface area contributed by atoms with Crippen LogP contribution in [-0.4, -0.2) is 13.1 Å². The smallest absolute Gasteiger partial charge is 0.338 e. The van der Waals surface area contributed by atoms with Crippen molar-refractivity contribution in [1.29, 1.82) is 0 Å². The molecule has 0 fully saturated rings. The molecule has 0 N–H and O–H groups in total. The number of methoxy groups -OCH3 is 1. The molecule has 0 aliphatic heterocycles. The first-order valence-electron chi connectivity index (χ1n) is 5.74. The van der Waals surface area contributed by atoms with Gasteiger partial charge in [0.1, 0.15) is 12.4 Å². The van der Waals surface area contributed by atoms with Crippen molar-refractivity contribution >= 4 is 17.6 Å². The molecule has 98 valence electrons. The molecule has 0 bridgehead atoms. The second kappa shape index (κ2) is 6.25. The largest absolute Gasteiger partial charge is 0.497 e. The second-order valence-corrected chi connectivity index (χ2v) is 4.37. The summed E-state index contributed by atoms with van der Waals surface area (Å²) in [6, 6.07) is 14.0. The normalized spacial score (nSPS) is 10.0. The summed E-state index contributed by atoms with van der Waals surface area (Å²) in [5, 5.41) is 0.590. The third-order valence-corrected chi connectivity index (χ3v) is 2.86. The number of ether oxygens (including phenoxy) is 2. The fourth-order valence-electron chi connectivity index (χ4n) is 1.54. The van der Waals surface area contributed by atoms with Crippen LogP contribution < -0.4 is 4.74 Å². The average Bonchev–Trinajstić information content (AvgIpc) is 2.46. The topological polar surface area (TPSA) is 35.5 Å². The van der Waals surface area contributed by atoms with Crippen LogP contribution in [0.4, 0.5) is 0 Å². The SMILES string of the molecule is COc1ccc(COC(=O)c2ccc(Cl)cc2)cc1. The van der Waals surface area contributed by atoms with Gasteiger partial charge in [-0.3, -0.25) is 0 Å². The number of hydrogen-bond donors (Lipinski definition) is 0. The maximum absolute atomic E-state index is 11.8. The third kappa shape index (κ3) is 3.73. The van der Waals surface area contributed by atoms with Crippen LogP contribution in [0.5, 0.6) is 5.75 Å². The first kappa shape index (κ1) is 13.4. The van der Waals surface area contributed by atoms with Crippen molar-refractivity contribution in [2.75, 3.05) is 7.11 Å². The summed E-state index contributed by atoms with van der Waals surface area (Å²) in [5.41, 5.74) is 1.39. The molecule has 0 heterocycles. The van der Waals surface area contributed by atoms with E-state index in [0.717, 1.165) is 11.3 Å². The summed E-state index contributed by atoms with van der Waals surface area (Å²) in [6.45, 7) is 0.228. The van der Waals surface area contributed by atoms with E-state index < -0.39 is 0 Å². The molecule has 0 aliphatic carbocycles. The molecular formula is C15H13ClO3. The van der Waals surface area contributed by atoms with Crippen molar-refractivity contribution in [2.24, 2.45) is 0 Å². The van der Waals surface area contributed by atoms with E-state index in [2.05, 4.69) is 0 Å². The van der Waals surface area contributed by atoms with Gasteiger partial charge in [0.15, 0.2) is 0 Å². The number of benzene rings is 2. The number of halogens is 1. The van der Waals surface area contributed by atoms with Crippen molar-refractivity contribution in [3.63, 3.8) is 0 Å². The first-order chi connectivity index (χ1) is 9.19. The van der Waals surface area contributed by atoms with Gasteiger partial charge in [-0.15, -0.1) is 0 Å². The van der Waals surface area contributed by atoms with Crippen LogP contribution in [0.25, 0.3) is 0 Å². The molecule has 3 nitrogen and oxygen atoms in total. The molecule has 0 spiro atoms. The van der Waals surface area contributed by atoms with Crippen LogP contribution in [0, 0.1) is 0 Å². The van der Waals surface area contributed by atoms with E-state index in [0.29, 0.717) is 10.6 Å². The van der Waals surface area contributed by atoms with Crippen molar-refractivity contribution in [2.45, 2.75) is 6.61 Å². The number of hydrogen-bond acceptors (Lipinski definition) is 3. The highest BCUT2D eigenvalue weighted by Gasteiger charge is 2.07. The van der Waals surface area contributed by atoms with Crippen LogP contribution in [-0.2, 0) is 11.3 Å². The van der Waals surface area contributed by atoms with Gasteiger partial charge >= 0.3 is 5.97 Å². The molecule has 0 unspecified atom stereocenters. The van der Waals surface area contributed by atoms with Crippen LogP contribution >= 0.6 is 11.6 Å². The zero-order chi connectivity index (χ0) is 13.7. The Morgan fingerprint density at radius 2 is 1.68 bits per heavy atom. The van der Waals surface area contributed by atoms with Crippen molar-refractivity contribution < 1.29 is 14.3 Å². The van der Waals surface area contributed by atoms with Gasteiger partial charge in [0.2, 0.25) is 0 Å². The summed E-state index contributed by atoms with van der Waals surface area (Å²) in [5.74, 6) is 0.403. The van der Waals surface area contributed by atoms with E-state index in [-0.39, 0.29) is 12.6 Å². The van der Waals surface area contributed by atoms with Crippen molar-refractivity contribution in [1.82, 2.24) is 0 Å². The molecule has 0 amide bonds. The maximum Gasteiger partial charge on any atom is 0.338 e. The summed E-state index contributed by atoms with van der Waals surface area (Å²) >= 11 is 5.75. The molecule has 0 atom stereocenters. The van der Waals surface area contributed by atoms with E-state index in [1.807, 2.05) is 24.3 Å². The minimum atomic E-state index is -0.368. The molecular weight excluding hydrogens is 264 g/mol. The average molecular weight is 277 g/mol. The number of carbonyl (C=O) groups is 1. The monoisotopic (exact) mass is 276 g/mol. The molecule has 19 heavy (non-hydrogen) atoms. The van der Waals surface area contributed by atoms with Gasteiger partial charge in [0.25, 0.3) is 0 Å². The van der Waals surface area contributed by atoms with Gasteiger partial charge in [-0.05, 0) is 42.0 Å². The minimum Gasteiger partial charge on any atom is -0.497 e. The van der Waals surface area contributed by atoms with Crippen molar-refractivity contribution in [3.8, 4) is 5.75 Å². The molecule has 0 saturated carbocycles. The van der Waals surface area contributed by atoms with Gasteiger partial charge in [0.05, 0.1) is 12.7 Å². The lowest BCUT2D eigenvalue weighted by molar-refractivity contribution is 0.0472. The Hall–Kier alpha value is -2.00. The van der Waals surface area contributed by atoms with E-state index in [4.69, 9.17) is 21.1 Å². The Balaban J connectivity index is 1.94. The lowest BCUT2D eigenvalue weighted by Crippen LogP contribution is -2.04. The zero-order valence-corrected chi connectivity index (χ0v) is 11.2. The Morgan fingerprint density at radius 3 is 2.26 bits per heavy atom. The highest BCUT2D eigenvalue weighted by molar-refractivity contribution is 6.30. The highest BCUT2D eigenvalue weighted by Crippen LogP contribution is 2.14. The molecule has 2 rings (SSSR count). The number of esters is 1. The van der Waals surface area contributed by atoms with Crippen LogP contribution in [0.3, 0.4) is 0 Å². The Labute approximate surface area is 116 Å². The zero-order valence-electron chi connectivity index (χ0n) is 10.4. The van der Waals surface area contributed by atoms with Gasteiger partial charge in [0, 0.05) is 5.02 Å². The molecule has 0 radical (unpaired) electrons. The molecule has 0 aliphatic rings. The van der Waals surface area contributed by atoms with E-state index in [1.165, 1.54) is 0 Å². The second-order valence-electron chi connectivity index (χ2n) is 3.93. The third-order valence-electron chi connectivity index (χ3n) is 2.61. The standard InChI is InChI=1S/C15H13ClO3/c1-18-14-8-2-11(3-9-14)10-19-15(17)12-4-6-13(16)7-5-12/h2-9H,10H2,1H3. The van der Waals surface area contributed by atoms with Gasteiger partial charge in [-0.2, -0.15) is 0 Å². The summed E-state index contributed by atoms with van der Waals surface area (Å²) in [7, 11) is 1.61. The summed E-state index contributed by atoms with van der Waals surface area (Å²) in [6.07, 6.45) is 0. The Kier molecular flexibility index (Phi) is 4.42. The van der Waals surface area contributed by atoms with E-state index >= 15 is 0 Å². The van der Waals surface area contributed by atoms with Crippen molar-refractivity contribution in [3.05, 3.63) is 64.7 Å². The Morgan fingerprint density at radius 1 is 1.05 bits per heavy atom. The molecule has 4 heteroatoms. The minimum absolute atomic E-state index is 0.228. The maximum atomic E-state index is 11.8. The van der Waals surface area contributed by atoms with Crippen LogP contribution in [0.1, 0.15) is 15.9 Å². The van der Waals surface area contributed by atoms with Crippen LogP contribution in [0.2, 0.25) is 5.02 Å². The fraction of sp³-hybridized carbons (Fsp3) is 0.133.